The quantitative estimate of drug-likeness (QED) is 0.175. The van der Waals surface area contributed by atoms with Gasteiger partial charge in [-0.15, -0.1) is 0 Å². The Bertz CT molecular complexity index is 1580. The van der Waals surface area contributed by atoms with E-state index in [4.69, 9.17) is 27.9 Å². The van der Waals surface area contributed by atoms with Crippen molar-refractivity contribution in [2.24, 2.45) is 0 Å². The number of fused-ring (bicyclic) bond motifs is 2. The Hall–Kier alpha value is -1.59. The molecule has 0 bridgehead atoms. The van der Waals surface area contributed by atoms with Crippen LogP contribution in [-0.2, 0) is 14.8 Å². The normalized spacial score (nSPS) is 13.2. The van der Waals surface area contributed by atoms with Gasteiger partial charge < -0.3 is 9.72 Å². The average molecular weight is 771 g/mol. The van der Waals surface area contributed by atoms with Gasteiger partial charge in [0.25, 0.3) is 10.0 Å². The van der Waals surface area contributed by atoms with Crippen LogP contribution in [0.4, 0.5) is 0 Å². The maximum Gasteiger partial charge on any atom is 0.270 e. The van der Waals surface area contributed by atoms with Crippen LogP contribution in [0.2, 0.25) is 10.3 Å². The molecule has 1 aliphatic rings. The van der Waals surface area contributed by atoms with E-state index < -0.39 is 10.0 Å². The molecule has 0 unspecified atom stereocenters. The molecule has 0 spiro atoms. The molecule has 1 N–H and O–H groups in total. The minimum absolute atomic E-state index is 0.199. The van der Waals surface area contributed by atoms with Gasteiger partial charge >= 0.3 is 0 Å². The van der Waals surface area contributed by atoms with Crippen molar-refractivity contribution >= 4 is 100 Å². The number of ether oxygens (including phenoxy) is 1. The van der Waals surface area contributed by atoms with E-state index in [9.17, 15) is 8.42 Å². The summed E-state index contributed by atoms with van der Waals surface area (Å²) in [7, 11) is -3.71. The number of hydrogen-bond donors (Lipinski definition) is 1. The van der Waals surface area contributed by atoms with E-state index in [0.717, 1.165) is 27.9 Å². The molecule has 1 fully saturated rings. The second-order valence-electron chi connectivity index (χ2n) is 7.31. The van der Waals surface area contributed by atoms with Crippen molar-refractivity contribution in [1.82, 2.24) is 28.9 Å². The molecule has 0 amide bonds. The van der Waals surface area contributed by atoms with Gasteiger partial charge in [0.05, 0.1) is 23.1 Å². The Balaban J connectivity index is 0.000000157. The third-order valence-corrected chi connectivity index (χ3v) is 8.94. The number of nitrogens with one attached hydrogen (secondary N) is 1. The molecule has 14 heteroatoms. The average Bonchev–Trinajstić information content (AvgIpc) is 3.61. The maximum absolute atomic E-state index is 12.7. The molecule has 6 rings (SSSR count). The van der Waals surface area contributed by atoms with Crippen molar-refractivity contribution < 1.29 is 13.2 Å². The molecule has 0 aliphatic carbocycles. The van der Waals surface area contributed by atoms with E-state index in [1.54, 1.807) is 36.4 Å². The number of nitrogens with zero attached hydrogens (tertiary/aromatic N) is 5. The standard InChI is InChI=1S/C12H7ClIN3O2S.C6H3ClIN3.C4H8O/c13-11-9-6-10(14)17(12(9)16-7-15-11)20(18,19)8-4-2-1-3-5-8;7-5-3-1-4(8)11-6(3)10-2-9-5;1-2-4-5-3-1/h1-7H;1-2H,(H,9,10,11);1-4H2. The second kappa shape index (κ2) is 12.3. The fraction of sp³-hybridized carbons (Fsp3) is 0.182. The molecule has 36 heavy (non-hydrogen) atoms. The zero-order valence-electron chi connectivity index (χ0n) is 18.4. The highest BCUT2D eigenvalue weighted by Gasteiger charge is 2.23. The molecule has 188 valence electrons. The molecule has 5 heterocycles. The highest BCUT2D eigenvalue weighted by Crippen LogP contribution is 2.28. The lowest BCUT2D eigenvalue weighted by molar-refractivity contribution is 0.198. The third-order valence-electron chi connectivity index (χ3n) is 4.92. The monoisotopic (exact) mass is 770 g/mol. The lowest BCUT2D eigenvalue weighted by atomic mass is 10.4. The van der Waals surface area contributed by atoms with Crippen LogP contribution in [-0.4, -0.2) is 50.5 Å². The van der Waals surface area contributed by atoms with Crippen molar-refractivity contribution in [3.05, 3.63) is 72.8 Å². The molecule has 0 saturated carbocycles. The number of benzene rings is 1. The summed E-state index contributed by atoms with van der Waals surface area (Å²) in [6.07, 6.45) is 5.25. The number of halogens is 4. The summed E-state index contributed by atoms with van der Waals surface area (Å²) in [6.45, 7) is 2.00. The first-order valence-corrected chi connectivity index (χ1v) is 14.8. The van der Waals surface area contributed by atoms with Gasteiger partial charge in [0, 0.05) is 13.2 Å². The first-order chi connectivity index (χ1) is 17.3. The number of aromatic amines is 1. The molecule has 1 aliphatic heterocycles. The molecule has 1 saturated heterocycles. The molecule has 0 atom stereocenters. The second-order valence-corrected chi connectivity index (χ2v) is 12.1. The van der Waals surface area contributed by atoms with Crippen molar-refractivity contribution in [2.75, 3.05) is 13.2 Å². The van der Waals surface area contributed by atoms with E-state index in [1.165, 1.54) is 29.5 Å². The van der Waals surface area contributed by atoms with E-state index in [1.807, 2.05) is 28.7 Å². The van der Waals surface area contributed by atoms with Gasteiger partial charge in [0.2, 0.25) is 0 Å². The van der Waals surface area contributed by atoms with E-state index in [2.05, 4.69) is 47.5 Å². The first-order valence-electron chi connectivity index (χ1n) is 10.5. The van der Waals surface area contributed by atoms with Gasteiger partial charge in [0.1, 0.15) is 28.6 Å². The number of rotatable bonds is 2. The van der Waals surface area contributed by atoms with E-state index in [-0.39, 0.29) is 15.7 Å². The van der Waals surface area contributed by atoms with Crippen LogP contribution in [0.25, 0.3) is 22.1 Å². The fourth-order valence-corrected chi connectivity index (χ4v) is 6.87. The van der Waals surface area contributed by atoms with Gasteiger partial charge in [-0.05, 0) is 82.3 Å². The van der Waals surface area contributed by atoms with Crippen LogP contribution in [0.1, 0.15) is 12.8 Å². The van der Waals surface area contributed by atoms with Crippen LogP contribution >= 0.6 is 68.4 Å². The number of hydrogen-bond acceptors (Lipinski definition) is 7. The summed E-state index contributed by atoms with van der Waals surface area (Å²) in [5, 5.41) is 2.11. The first kappa shape index (κ1) is 27.4. The molecular formula is C22H18Cl2I2N6O3S. The lowest BCUT2D eigenvalue weighted by Gasteiger charge is -2.08. The van der Waals surface area contributed by atoms with Crippen molar-refractivity contribution in [3.63, 3.8) is 0 Å². The predicted octanol–water partition coefficient (Wildman–Crippen LogP) is 5.94. The van der Waals surface area contributed by atoms with Crippen LogP contribution in [0.15, 0.2) is 60.0 Å². The molecule has 9 nitrogen and oxygen atoms in total. The minimum atomic E-state index is -3.71. The Labute approximate surface area is 244 Å². The van der Waals surface area contributed by atoms with Crippen molar-refractivity contribution in [3.8, 4) is 0 Å². The number of H-pyrrole nitrogens is 1. The molecule has 4 aromatic heterocycles. The van der Waals surface area contributed by atoms with Gasteiger partial charge in [-0.2, -0.15) is 0 Å². The molecular weight excluding hydrogens is 753 g/mol. The maximum atomic E-state index is 12.7. The zero-order chi connectivity index (χ0) is 25.7. The zero-order valence-corrected chi connectivity index (χ0v) is 25.0. The fourth-order valence-electron chi connectivity index (χ4n) is 3.24. The summed E-state index contributed by atoms with van der Waals surface area (Å²) < 4.78 is 33.0. The van der Waals surface area contributed by atoms with Gasteiger partial charge in [-0.3, -0.25) is 0 Å². The van der Waals surface area contributed by atoms with Crippen LogP contribution in [0.3, 0.4) is 0 Å². The largest absolute Gasteiger partial charge is 0.381 e. The van der Waals surface area contributed by atoms with E-state index in [0.29, 0.717) is 14.2 Å². The third kappa shape index (κ3) is 6.27. The lowest BCUT2D eigenvalue weighted by Crippen LogP contribution is -2.14. The van der Waals surface area contributed by atoms with Gasteiger partial charge in [-0.25, -0.2) is 32.3 Å². The van der Waals surface area contributed by atoms with Crippen LogP contribution in [0, 0.1) is 7.40 Å². The summed E-state index contributed by atoms with van der Waals surface area (Å²) in [5.74, 6) is 0. The molecule has 1 aromatic carbocycles. The SMILES string of the molecule is C1CCOC1.Clc1ncnc2[nH]c(I)cc12.O=S(=O)(c1ccccc1)n1c(I)cc2c(Cl)ncnc21. The Kier molecular flexibility index (Phi) is 9.38. The van der Waals surface area contributed by atoms with Crippen molar-refractivity contribution in [2.45, 2.75) is 17.7 Å². The van der Waals surface area contributed by atoms with Crippen molar-refractivity contribution in [1.29, 1.82) is 0 Å². The number of aromatic nitrogens is 6. The summed E-state index contributed by atoms with van der Waals surface area (Å²) in [4.78, 5) is 19.0. The molecule has 5 aromatic rings. The highest BCUT2D eigenvalue weighted by molar-refractivity contribution is 14.1. The van der Waals surface area contributed by atoms with E-state index >= 15 is 0 Å². The molecule has 0 radical (unpaired) electrons. The smallest absolute Gasteiger partial charge is 0.270 e. The summed E-state index contributed by atoms with van der Waals surface area (Å²) >= 11 is 15.9. The topological polar surface area (TPSA) is 116 Å². The summed E-state index contributed by atoms with van der Waals surface area (Å²) in [5.41, 5.74) is 1.06. The minimum Gasteiger partial charge on any atom is -0.381 e. The predicted molar refractivity (Wildman–Crippen MR) is 156 cm³/mol. The Morgan fingerprint density at radius 3 is 2.14 bits per heavy atom. The van der Waals surface area contributed by atoms with Gasteiger partial charge in [-0.1, -0.05) is 41.4 Å². The highest BCUT2D eigenvalue weighted by atomic mass is 127. The Morgan fingerprint density at radius 2 is 1.53 bits per heavy atom. The Morgan fingerprint density at radius 1 is 0.889 bits per heavy atom. The van der Waals surface area contributed by atoms with Crippen LogP contribution in [0.5, 0.6) is 0 Å². The van der Waals surface area contributed by atoms with Gasteiger partial charge in [0.15, 0.2) is 5.65 Å². The van der Waals surface area contributed by atoms with Crippen LogP contribution < -0.4 is 0 Å². The summed E-state index contributed by atoms with van der Waals surface area (Å²) in [6, 6.07) is 11.8.